The van der Waals surface area contributed by atoms with Gasteiger partial charge in [0.1, 0.15) is 5.82 Å². The first kappa shape index (κ1) is 14.1. The zero-order valence-corrected chi connectivity index (χ0v) is 12.5. The standard InChI is InChI=1S/C14H17N3O3S/c1-9(13-16-11-4-2-3-5-12(11)17-13)15-14(18)10-6-7-21(19,20)8-10/h2-5,9-10H,6-8H2,1H3,(H,15,18)(H,16,17). The molecule has 2 N–H and O–H groups in total. The minimum absolute atomic E-state index is 0.0499. The van der Waals surface area contributed by atoms with E-state index in [-0.39, 0.29) is 23.5 Å². The number of benzene rings is 1. The number of H-pyrrole nitrogens is 1. The van der Waals surface area contributed by atoms with E-state index in [0.29, 0.717) is 12.2 Å². The van der Waals surface area contributed by atoms with E-state index < -0.39 is 15.8 Å². The highest BCUT2D eigenvalue weighted by Gasteiger charge is 2.33. The molecular formula is C14H17N3O3S. The number of imidazole rings is 1. The van der Waals surface area contributed by atoms with Gasteiger partial charge < -0.3 is 10.3 Å². The third-order valence-electron chi connectivity index (χ3n) is 3.78. The molecule has 1 aromatic carbocycles. The first-order valence-corrected chi connectivity index (χ1v) is 8.72. The summed E-state index contributed by atoms with van der Waals surface area (Å²) in [4.78, 5) is 19.7. The Morgan fingerprint density at radius 1 is 1.43 bits per heavy atom. The Morgan fingerprint density at radius 2 is 2.19 bits per heavy atom. The summed E-state index contributed by atoms with van der Waals surface area (Å²) >= 11 is 0. The summed E-state index contributed by atoms with van der Waals surface area (Å²) in [6, 6.07) is 7.35. The van der Waals surface area contributed by atoms with Crippen LogP contribution in [0.5, 0.6) is 0 Å². The van der Waals surface area contributed by atoms with Crippen LogP contribution in [0, 0.1) is 5.92 Å². The third-order valence-corrected chi connectivity index (χ3v) is 5.55. The molecule has 2 atom stereocenters. The number of nitrogens with zero attached hydrogens (tertiary/aromatic N) is 1. The van der Waals surface area contributed by atoms with Crippen molar-refractivity contribution in [3.8, 4) is 0 Å². The number of carbonyl (C=O) groups excluding carboxylic acids is 1. The molecule has 0 saturated carbocycles. The van der Waals surface area contributed by atoms with Gasteiger partial charge in [-0.1, -0.05) is 12.1 Å². The second-order valence-electron chi connectivity index (χ2n) is 5.47. The zero-order valence-electron chi connectivity index (χ0n) is 11.7. The molecule has 1 aromatic heterocycles. The quantitative estimate of drug-likeness (QED) is 0.890. The van der Waals surface area contributed by atoms with Crippen LogP contribution in [0.15, 0.2) is 24.3 Å². The molecule has 1 amide bonds. The van der Waals surface area contributed by atoms with Gasteiger partial charge in [0.15, 0.2) is 9.84 Å². The van der Waals surface area contributed by atoms with Gasteiger partial charge in [-0.3, -0.25) is 4.79 Å². The number of amides is 1. The van der Waals surface area contributed by atoms with Crippen molar-refractivity contribution in [1.29, 1.82) is 0 Å². The Kier molecular flexibility index (Phi) is 3.44. The molecule has 0 bridgehead atoms. The largest absolute Gasteiger partial charge is 0.346 e. The molecule has 3 rings (SSSR count). The predicted octanol–water partition coefficient (Wildman–Crippen LogP) is 1.17. The molecule has 112 valence electrons. The molecule has 1 saturated heterocycles. The Hall–Kier alpha value is -1.89. The number of rotatable bonds is 3. The molecule has 0 aliphatic carbocycles. The minimum atomic E-state index is -3.05. The fourth-order valence-electron chi connectivity index (χ4n) is 2.58. The van der Waals surface area contributed by atoms with Gasteiger partial charge in [-0.05, 0) is 25.5 Å². The third kappa shape index (κ3) is 2.92. The molecule has 2 unspecified atom stereocenters. The highest BCUT2D eigenvalue weighted by Crippen LogP contribution is 2.20. The molecule has 1 fully saturated rings. The molecule has 6 nitrogen and oxygen atoms in total. The lowest BCUT2D eigenvalue weighted by molar-refractivity contribution is -0.124. The van der Waals surface area contributed by atoms with Crippen LogP contribution in [0.25, 0.3) is 11.0 Å². The number of hydrogen-bond acceptors (Lipinski definition) is 4. The van der Waals surface area contributed by atoms with Crippen LogP contribution in [0.1, 0.15) is 25.2 Å². The van der Waals surface area contributed by atoms with Gasteiger partial charge in [0.05, 0.1) is 34.5 Å². The lowest BCUT2D eigenvalue weighted by atomic mass is 10.1. The van der Waals surface area contributed by atoms with Crippen molar-refractivity contribution in [2.45, 2.75) is 19.4 Å². The second-order valence-corrected chi connectivity index (χ2v) is 7.70. The van der Waals surface area contributed by atoms with Gasteiger partial charge in [-0.2, -0.15) is 0 Å². The van der Waals surface area contributed by atoms with Gasteiger partial charge in [0.25, 0.3) is 0 Å². The van der Waals surface area contributed by atoms with E-state index in [4.69, 9.17) is 0 Å². The van der Waals surface area contributed by atoms with Crippen LogP contribution in [-0.2, 0) is 14.6 Å². The fraction of sp³-hybridized carbons (Fsp3) is 0.429. The van der Waals surface area contributed by atoms with Crippen LogP contribution in [0.4, 0.5) is 0 Å². The Labute approximate surface area is 122 Å². The summed E-state index contributed by atoms with van der Waals surface area (Å²) in [5.41, 5.74) is 1.76. The maximum absolute atomic E-state index is 12.1. The second kappa shape index (κ2) is 5.14. The highest BCUT2D eigenvalue weighted by molar-refractivity contribution is 7.91. The number of aromatic amines is 1. The van der Waals surface area contributed by atoms with Crippen LogP contribution in [-0.4, -0.2) is 35.8 Å². The number of nitrogens with one attached hydrogen (secondary N) is 2. The first-order valence-electron chi connectivity index (χ1n) is 6.90. The minimum Gasteiger partial charge on any atom is -0.346 e. The normalized spacial score (nSPS) is 22.2. The summed E-state index contributed by atoms with van der Waals surface area (Å²) in [6.45, 7) is 1.83. The van der Waals surface area contributed by atoms with E-state index in [1.807, 2.05) is 31.2 Å². The fourth-order valence-corrected chi connectivity index (χ4v) is 4.32. The summed E-state index contributed by atoms with van der Waals surface area (Å²) in [6.07, 6.45) is 0.404. The van der Waals surface area contributed by atoms with Crippen molar-refractivity contribution in [3.63, 3.8) is 0 Å². The monoisotopic (exact) mass is 307 g/mol. The van der Waals surface area contributed by atoms with Gasteiger partial charge in [0.2, 0.25) is 5.91 Å². The lowest BCUT2D eigenvalue weighted by Gasteiger charge is -2.14. The average molecular weight is 307 g/mol. The van der Waals surface area contributed by atoms with E-state index in [2.05, 4.69) is 15.3 Å². The molecule has 0 radical (unpaired) electrons. The van der Waals surface area contributed by atoms with E-state index in [9.17, 15) is 13.2 Å². The molecule has 7 heteroatoms. The zero-order chi connectivity index (χ0) is 15.0. The van der Waals surface area contributed by atoms with E-state index >= 15 is 0 Å². The van der Waals surface area contributed by atoms with Gasteiger partial charge in [-0.25, -0.2) is 13.4 Å². The highest BCUT2D eigenvalue weighted by atomic mass is 32.2. The molecular weight excluding hydrogens is 290 g/mol. The van der Waals surface area contributed by atoms with E-state index in [1.54, 1.807) is 0 Å². The summed E-state index contributed by atoms with van der Waals surface area (Å²) in [5.74, 6) is 0.0618. The predicted molar refractivity (Wildman–Crippen MR) is 79.4 cm³/mol. The van der Waals surface area contributed by atoms with Gasteiger partial charge in [-0.15, -0.1) is 0 Å². The average Bonchev–Trinajstić information content (AvgIpc) is 3.01. The van der Waals surface area contributed by atoms with Crippen molar-refractivity contribution in [2.75, 3.05) is 11.5 Å². The van der Waals surface area contributed by atoms with Crippen molar-refractivity contribution in [1.82, 2.24) is 15.3 Å². The van der Waals surface area contributed by atoms with Crippen molar-refractivity contribution < 1.29 is 13.2 Å². The maximum Gasteiger partial charge on any atom is 0.224 e. The van der Waals surface area contributed by atoms with Crippen molar-refractivity contribution >= 4 is 26.8 Å². The van der Waals surface area contributed by atoms with Gasteiger partial charge >= 0.3 is 0 Å². The maximum atomic E-state index is 12.1. The molecule has 1 aliphatic rings. The van der Waals surface area contributed by atoms with Crippen LogP contribution < -0.4 is 5.32 Å². The number of sulfone groups is 1. The van der Waals surface area contributed by atoms with Gasteiger partial charge in [0, 0.05) is 0 Å². The summed E-state index contributed by atoms with van der Waals surface area (Å²) < 4.78 is 22.8. The SMILES string of the molecule is CC(NC(=O)C1CCS(=O)(=O)C1)c1nc2ccccc2[nH]1. The van der Waals surface area contributed by atoms with Crippen molar-refractivity contribution in [2.24, 2.45) is 5.92 Å². The molecule has 2 aromatic rings. The van der Waals surface area contributed by atoms with Crippen LogP contribution in [0.2, 0.25) is 0 Å². The number of aromatic nitrogens is 2. The molecule has 21 heavy (non-hydrogen) atoms. The Balaban J connectivity index is 1.71. The van der Waals surface area contributed by atoms with Crippen LogP contribution in [0.3, 0.4) is 0 Å². The Morgan fingerprint density at radius 3 is 2.86 bits per heavy atom. The number of carbonyl (C=O) groups is 1. The topological polar surface area (TPSA) is 91.9 Å². The number of hydrogen-bond donors (Lipinski definition) is 2. The summed E-state index contributed by atoms with van der Waals surface area (Å²) in [5, 5.41) is 2.84. The van der Waals surface area contributed by atoms with E-state index in [0.717, 1.165) is 11.0 Å². The summed E-state index contributed by atoms with van der Waals surface area (Å²) in [7, 11) is -3.05. The van der Waals surface area contributed by atoms with Crippen molar-refractivity contribution in [3.05, 3.63) is 30.1 Å². The Bertz CT molecular complexity index is 749. The van der Waals surface area contributed by atoms with E-state index in [1.165, 1.54) is 0 Å². The molecule has 1 aliphatic heterocycles. The number of para-hydroxylation sites is 2. The van der Waals surface area contributed by atoms with Crippen LogP contribution >= 0.6 is 0 Å². The number of fused-ring (bicyclic) bond motifs is 1. The molecule has 2 heterocycles. The smallest absolute Gasteiger partial charge is 0.224 e. The first-order chi connectivity index (χ1) is 9.94. The molecule has 0 spiro atoms. The lowest BCUT2D eigenvalue weighted by Crippen LogP contribution is -2.33.